The van der Waals surface area contributed by atoms with E-state index in [-0.39, 0.29) is 5.97 Å². The monoisotopic (exact) mass is 297 g/mol. The number of rotatable bonds is 2. The fourth-order valence-corrected chi connectivity index (χ4v) is 2.45. The van der Waals surface area contributed by atoms with E-state index in [2.05, 4.69) is 9.72 Å². The normalized spacial score (nSPS) is 10.6. The number of carbonyl (C=O) groups excluding carboxylic acids is 1. The first-order chi connectivity index (χ1) is 10.2. The maximum Gasteiger partial charge on any atom is 0.337 e. The largest absolute Gasteiger partial charge is 0.465 e. The zero-order chi connectivity index (χ0) is 14.8. The molecule has 0 saturated heterocycles. The second-order valence-electron chi connectivity index (χ2n) is 4.59. The van der Waals surface area contributed by atoms with Crippen molar-refractivity contribution in [3.8, 4) is 11.1 Å². The van der Waals surface area contributed by atoms with Crippen LogP contribution in [0.2, 0.25) is 5.15 Å². The lowest BCUT2D eigenvalue weighted by molar-refractivity contribution is 0.0601. The van der Waals surface area contributed by atoms with E-state index in [4.69, 9.17) is 11.6 Å². The predicted octanol–water partition coefficient (Wildman–Crippen LogP) is 4.34. The lowest BCUT2D eigenvalue weighted by Crippen LogP contribution is -2.00. The van der Waals surface area contributed by atoms with Gasteiger partial charge in [0.05, 0.1) is 18.2 Å². The molecule has 2 aromatic carbocycles. The average Bonchev–Trinajstić information content (AvgIpc) is 2.53. The number of esters is 1. The number of fused-ring (bicyclic) bond motifs is 1. The Hall–Kier alpha value is -2.39. The lowest BCUT2D eigenvalue weighted by Gasteiger charge is -2.07. The number of methoxy groups -OCH3 is 1. The minimum absolute atomic E-state index is 0.357. The van der Waals surface area contributed by atoms with Crippen molar-refractivity contribution >= 4 is 28.5 Å². The summed E-state index contributed by atoms with van der Waals surface area (Å²) < 4.78 is 4.69. The van der Waals surface area contributed by atoms with Crippen molar-refractivity contribution in [2.75, 3.05) is 7.11 Å². The van der Waals surface area contributed by atoms with Crippen LogP contribution in [0.3, 0.4) is 0 Å². The maximum absolute atomic E-state index is 11.4. The van der Waals surface area contributed by atoms with E-state index in [0.29, 0.717) is 10.7 Å². The second-order valence-corrected chi connectivity index (χ2v) is 4.95. The van der Waals surface area contributed by atoms with Crippen molar-refractivity contribution in [2.45, 2.75) is 0 Å². The zero-order valence-electron chi connectivity index (χ0n) is 11.3. The predicted molar refractivity (Wildman–Crippen MR) is 83.5 cm³/mol. The molecule has 0 aliphatic carbocycles. The molecular formula is C17H12ClNO2. The molecule has 0 N–H and O–H groups in total. The molecule has 0 atom stereocenters. The number of benzene rings is 2. The number of hydrogen-bond donors (Lipinski definition) is 0. The number of nitrogens with zero attached hydrogens (tertiary/aromatic N) is 1. The van der Waals surface area contributed by atoms with Gasteiger partial charge >= 0.3 is 5.97 Å². The van der Waals surface area contributed by atoms with Crippen LogP contribution in [0.4, 0.5) is 0 Å². The average molecular weight is 298 g/mol. The molecule has 3 aromatic rings. The Bertz CT molecular complexity index is 813. The summed E-state index contributed by atoms with van der Waals surface area (Å²) in [7, 11) is 1.36. The standard InChI is InChI=1S/C17H12ClNO2/c1-21-17(20)12-8-6-11(7-9-12)14-10-13-4-2-3-5-15(13)19-16(14)18/h2-10H,1H3. The summed E-state index contributed by atoms with van der Waals surface area (Å²) in [6.45, 7) is 0. The maximum atomic E-state index is 11.4. The van der Waals surface area contributed by atoms with E-state index < -0.39 is 0 Å². The summed E-state index contributed by atoms with van der Waals surface area (Å²) >= 11 is 6.26. The van der Waals surface area contributed by atoms with Gasteiger partial charge in [-0.3, -0.25) is 0 Å². The Morgan fingerprint density at radius 2 is 1.81 bits per heavy atom. The van der Waals surface area contributed by atoms with E-state index in [0.717, 1.165) is 22.0 Å². The van der Waals surface area contributed by atoms with Crippen molar-refractivity contribution in [3.05, 3.63) is 65.3 Å². The van der Waals surface area contributed by atoms with Crippen LogP contribution in [0.5, 0.6) is 0 Å². The van der Waals surface area contributed by atoms with Gasteiger partial charge in [-0.15, -0.1) is 0 Å². The lowest BCUT2D eigenvalue weighted by atomic mass is 10.0. The van der Waals surface area contributed by atoms with Crippen molar-refractivity contribution in [3.63, 3.8) is 0 Å². The molecule has 0 aliphatic rings. The van der Waals surface area contributed by atoms with Crippen LogP contribution in [0, 0.1) is 0 Å². The van der Waals surface area contributed by atoms with Gasteiger partial charge in [0.2, 0.25) is 0 Å². The van der Waals surface area contributed by atoms with Crippen molar-refractivity contribution < 1.29 is 9.53 Å². The van der Waals surface area contributed by atoms with Crippen LogP contribution in [0.1, 0.15) is 10.4 Å². The molecule has 0 aliphatic heterocycles. The Kier molecular flexibility index (Phi) is 3.59. The number of carbonyl (C=O) groups is 1. The SMILES string of the molecule is COC(=O)c1ccc(-c2cc3ccccc3nc2Cl)cc1. The third kappa shape index (κ3) is 2.60. The molecular weight excluding hydrogens is 286 g/mol. The molecule has 1 heterocycles. The Morgan fingerprint density at radius 1 is 1.10 bits per heavy atom. The topological polar surface area (TPSA) is 39.2 Å². The molecule has 104 valence electrons. The highest BCUT2D eigenvalue weighted by atomic mass is 35.5. The minimum atomic E-state index is -0.357. The van der Waals surface area contributed by atoms with Gasteiger partial charge in [0.25, 0.3) is 0 Å². The van der Waals surface area contributed by atoms with Crippen LogP contribution in [-0.2, 0) is 4.74 Å². The van der Waals surface area contributed by atoms with Crippen molar-refractivity contribution in [1.82, 2.24) is 4.98 Å². The Balaban J connectivity index is 2.07. The molecule has 1 aromatic heterocycles. The van der Waals surface area contributed by atoms with Crippen molar-refractivity contribution in [2.24, 2.45) is 0 Å². The van der Waals surface area contributed by atoms with Gasteiger partial charge in [-0.05, 0) is 29.8 Å². The number of pyridine rings is 1. The van der Waals surface area contributed by atoms with Crippen LogP contribution in [0.15, 0.2) is 54.6 Å². The summed E-state index contributed by atoms with van der Waals surface area (Å²) in [5.74, 6) is -0.357. The quantitative estimate of drug-likeness (QED) is 0.522. The van der Waals surface area contributed by atoms with Gasteiger partial charge in [0.1, 0.15) is 5.15 Å². The highest BCUT2D eigenvalue weighted by molar-refractivity contribution is 6.32. The summed E-state index contributed by atoms with van der Waals surface area (Å²) in [5, 5.41) is 1.47. The Labute approximate surface area is 127 Å². The first-order valence-corrected chi connectivity index (χ1v) is 6.81. The second kappa shape index (κ2) is 5.54. The molecule has 0 radical (unpaired) electrons. The highest BCUT2D eigenvalue weighted by Crippen LogP contribution is 2.30. The number of para-hydroxylation sites is 1. The van der Waals surface area contributed by atoms with E-state index in [1.807, 2.05) is 42.5 Å². The molecule has 0 bridgehead atoms. The van der Waals surface area contributed by atoms with Crippen molar-refractivity contribution in [1.29, 1.82) is 0 Å². The molecule has 4 heteroatoms. The van der Waals surface area contributed by atoms with Crippen LogP contribution in [0.25, 0.3) is 22.0 Å². The number of ether oxygens (including phenoxy) is 1. The third-order valence-corrected chi connectivity index (χ3v) is 3.58. The fourth-order valence-electron chi connectivity index (χ4n) is 2.20. The Morgan fingerprint density at radius 3 is 2.52 bits per heavy atom. The molecule has 0 unspecified atom stereocenters. The first-order valence-electron chi connectivity index (χ1n) is 6.43. The first kappa shape index (κ1) is 13.6. The number of aromatic nitrogens is 1. The highest BCUT2D eigenvalue weighted by Gasteiger charge is 2.09. The minimum Gasteiger partial charge on any atom is -0.465 e. The molecule has 21 heavy (non-hydrogen) atoms. The van der Waals surface area contributed by atoms with Crippen LogP contribution >= 0.6 is 11.6 Å². The van der Waals surface area contributed by atoms with Gasteiger partial charge in [0.15, 0.2) is 0 Å². The van der Waals surface area contributed by atoms with E-state index >= 15 is 0 Å². The smallest absolute Gasteiger partial charge is 0.337 e. The third-order valence-electron chi connectivity index (χ3n) is 3.29. The van der Waals surface area contributed by atoms with E-state index in [9.17, 15) is 4.79 Å². The van der Waals surface area contributed by atoms with Gasteiger partial charge in [-0.2, -0.15) is 0 Å². The van der Waals surface area contributed by atoms with Gasteiger partial charge < -0.3 is 4.74 Å². The summed E-state index contributed by atoms with van der Waals surface area (Å²) in [4.78, 5) is 15.8. The zero-order valence-corrected chi connectivity index (χ0v) is 12.1. The molecule has 0 spiro atoms. The van der Waals surface area contributed by atoms with Crippen LogP contribution < -0.4 is 0 Å². The van der Waals surface area contributed by atoms with E-state index in [1.54, 1.807) is 12.1 Å². The number of hydrogen-bond acceptors (Lipinski definition) is 3. The molecule has 0 amide bonds. The van der Waals surface area contributed by atoms with Crippen LogP contribution in [-0.4, -0.2) is 18.1 Å². The summed E-state index contributed by atoms with van der Waals surface area (Å²) in [6, 6.07) is 16.9. The number of halogens is 1. The van der Waals surface area contributed by atoms with Gasteiger partial charge in [0, 0.05) is 10.9 Å². The van der Waals surface area contributed by atoms with Gasteiger partial charge in [-0.1, -0.05) is 41.9 Å². The summed E-state index contributed by atoms with van der Waals surface area (Å²) in [6.07, 6.45) is 0. The molecule has 0 fully saturated rings. The molecule has 0 saturated carbocycles. The fraction of sp³-hybridized carbons (Fsp3) is 0.0588. The van der Waals surface area contributed by atoms with E-state index in [1.165, 1.54) is 7.11 Å². The molecule has 3 nitrogen and oxygen atoms in total. The summed E-state index contributed by atoms with van der Waals surface area (Å²) in [5.41, 5.74) is 3.11. The van der Waals surface area contributed by atoms with Gasteiger partial charge in [-0.25, -0.2) is 9.78 Å². The molecule has 3 rings (SSSR count).